The number of rotatable bonds is 11. The number of carbonyl (C=O) groups excluding carboxylic acids is 1. The maximum atomic E-state index is 12.2. The van der Waals surface area contributed by atoms with Crippen molar-refractivity contribution >= 4 is 27.5 Å². The maximum Gasteiger partial charge on any atom is 0.164 e. The van der Waals surface area contributed by atoms with Crippen LogP contribution in [0.4, 0.5) is 0 Å². The Morgan fingerprint density at radius 2 is 1.49 bits per heavy atom. The van der Waals surface area contributed by atoms with Crippen molar-refractivity contribution in [1.82, 2.24) is 4.98 Å². The van der Waals surface area contributed by atoms with Gasteiger partial charge in [0, 0.05) is 60.7 Å². The maximum absolute atomic E-state index is 12.2. The van der Waals surface area contributed by atoms with Gasteiger partial charge in [0.1, 0.15) is 17.1 Å². The first kappa shape index (κ1) is 41.9. The number of hydrogen-bond donors (Lipinski definition) is 1. The van der Waals surface area contributed by atoms with Crippen molar-refractivity contribution in [2.45, 2.75) is 114 Å². The minimum atomic E-state index is -0.337. The second kappa shape index (κ2) is 17.3. The van der Waals surface area contributed by atoms with Crippen LogP contribution in [0.1, 0.15) is 113 Å². The van der Waals surface area contributed by atoms with E-state index in [1.54, 1.807) is 0 Å². The first-order chi connectivity index (χ1) is 23.6. The molecule has 5 aromatic rings. The molecule has 3 aromatic carbocycles. The third kappa shape index (κ3) is 9.67. The van der Waals surface area contributed by atoms with Crippen LogP contribution in [0.2, 0.25) is 0 Å². The number of pyridine rings is 1. The standard InChI is InChI=1S/C31H30NO.C15H28O2.Ir/c1-20(2)15-24-19-27-25(11-8-12-30(27)33-24)22-13-14-32-29(18-22)23-16-21-9-6-7-10-26(21)28(17-23)31(3,4)5;1-7-14(5,8-2)12(16)11-13(17)15(6,9-3)10-4;/h6-14,17-20H,15H2,1-5H3;11,16H,7-10H2,1-6H3;/q-1;;/b;12-11-;. The van der Waals surface area contributed by atoms with E-state index in [1.807, 2.05) is 47.7 Å². The van der Waals surface area contributed by atoms with Gasteiger partial charge in [0.25, 0.3) is 0 Å². The molecule has 4 nitrogen and oxygen atoms in total. The fourth-order valence-electron chi connectivity index (χ4n) is 6.29. The van der Waals surface area contributed by atoms with Gasteiger partial charge in [-0.1, -0.05) is 124 Å². The molecule has 275 valence electrons. The summed E-state index contributed by atoms with van der Waals surface area (Å²) in [6, 6.07) is 27.1. The molecule has 1 radical (unpaired) electrons. The first-order valence-electron chi connectivity index (χ1n) is 18.5. The molecule has 0 atom stereocenters. The molecule has 0 aliphatic carbocycles. The van der Waals surface area contributed by atoms with Crippen LogP contribution in [0.3, 0.4) is 0 Å². The molecular weight excluding hydrogens is 807 g/mol. The van der Waals surface area contributed by atoms with Crippen LogP contribution in [-0.4, -0.2) is 15.9 Å². The van der Waals surface area contributed by atoms with E-state index in [-0.39, 0.29) is 47.9 Å². The predicted octanol–water partition coefficient (Wildman–Crippen LogP) is 13.3. The molecule has 51 heavy (non-hydrogen) atoms. The van der Waals surface area contributed by atoms with E-state index in [2.05, 4.69) is 107 Å². The molecule has 0 fully saturated rings. The van der Waals surface area contributed by atoms with Gasteiger partial charge in [-0.3, -0.25) is 9.78 Å². The summed E-state index contributed by atoms with van der Waals surface area (Å²) in [7, 11) is 0. The minimum Gasteiger partial charge on any atom is -0.512 e. The molecule has 0 saturated carbocycles. The van der Waals surface area contributed by atoms with Crippen molar-refractivity contribution in [3.05, 3.63) is 102 Å². The number of furan rings is 1. The number of aromatic nitrogens is 1. The summed E-state index contributed by atoms with van der Waals surface area (Å²) in [5.41, 5.74) is 5.95. The predicted molar refractivity (Wildman–Crippen MR) is 212 cm³/mol. The molecule has 0 amide bonds. The summed E-state index contributed by atoms with van der Waals surface area (Å²) in [5.74, 6) is 1.88. The fourth-order valence-corrected chi connectivity index (χ4v) is 6.29. The van der Waals surface area contributed by atoms with Gasteiger partial charge in [0.15, 0.2) is 5.78 Å². The Bertz CT molecular complexity index is 1950. The van der Waals surface area contributed by atoms with Gasteiger partial charge in [-0.25, -0.2) is 0 Å². The number of carbonyl (C=O) groups is 1. The summed E-state index contributed by atoms with van der Waals surface area (Å²) in [6.07, 6.45) is 7.60. The number of aliphatic hydroxyl groups excluding tert-OH is 1. The van der Waals surface area contributed by atoms with Crippen LogP contribution >= 0.6 is 0 Å². The van der Waals surface area contributed by atoms with Crippen LogP contribution < -0.4 is 0 Å². The van der Waals surface area contributed by atoms with Crippen molar-refractivity contribution in [2.24, 2.45) is 16.7 Å². The molecule has 0 aliphatic heterocycles. The average molecular weight is 865 g/mol. The Morgan fingerprint density at radius 1 is 0.843 bits per heavy atom. The van der Waals surface area contributed by atoms with Crippen molar-refractivity contribution in [3.8, 4) is 22.4 Å². The molecule has 2 aromatic heterocycles. The van der Waals surface area contributed by atoms with Gasteiger partial charge in [0.2, 0.25) is 0 Å². The van der Waals surface area contributed by atoms with E-state index in [4.69, 9.17) is 9.40 Å². The molecule has 0 unspecified atom stereocenters. The Morgan fingerprint density at radius 3 is 2.10 bits per heavy atom. The SMILES string of the molecule is CC(C)Cc1cc2c(-c3ccnc(-c4[c-]c5ccccc5c(C(C)(C)C)c4)c3)cccc2o1.CCC(C)(CC)C(=O)/C=C(\O)C(C)(CC)CC.[Ir]. The van der Waals surface area contributed by atoms with E-state index < -0.39 is 0 Å². The summed E-state index contributed by atoms with van der Waals surface area (Å²) in [5, 5.41) is 13.7. The molecule has 2 heterocycles. The summed E-state index contributed by atoms with van der Waals surface area (Å²) in [6.45, 7) is 23.3. The fraction of sp³-hybridized carbons (Fsp3) is 0.435. The number of benzene rings is 3. The van der Waals surface area contributed by atoms with Crippen molar-refractivity contribution in [2.75, 3.05) is 0 Å². The van der Waals surface area contributed by atoms with Gasteiger partial charge >= 0.3 is 0 Å². The van der Waals surface area contributed by atoms with Gasteiger partial charge in [0.05, 0.1) is 0 Å². The van der Waals surface area contributed by atoms with E-state index >= 15 is 0 Å². The van der Waals surface area contributed by atoms with Crippen molar-refractivity contribution in [3.63, 3.8) is 0 Å². The third-order valence-corrected chi connectivity index (χ3v) is 10.8. The van der Waals surface area contributed by atoms with Crippen LogP contribution in [0, 0.1) is 22.8 Å². The van der Waals surface area contributed by atoms with E-state index in [1.165, 1.54) is 22.6 Å². The number of allylic oxidation sites excluding steroid dienone is 2. The Hall–Kier alpha value is -3.53. The molecular formula is C46H58IrNO3-. The Labute approximate surface area is 320 Å². The van der Waals surface area contributed by atoms with E-state index in [9.17, 15) is 9.90 Å². The monoisotopic (exact) mass is 865 g/mol. The Kier molecular flexibility index (Phi) is 14.2. The summed E-state index contributed by atoms with van der Waals surface area (Å²) >= 11 is 0. The zero-order chi connectivity index (χ0) is 36.9. The number of hydrogen-bond acceptors (Lipinski definition) is 4. The number of aliphatic hydroxyl groups is 1. The van der Waals surface area contributed by atoms with Gasteiger partial charge in [-0.15, -0.1) is 29.1 Å². The average Bonchev–Trinajstić information content (AvgIpc) is 3.52. The van der Waals surface area contributed by atoms with Gasteiger partial charge in [-0.05, 0) is 66.3 Å². The van der Waals surface area contributed by atoms with Crippen molar-refractivity contribution in [1.29, 1.82) is 0 Å². The smallest absolute Gasteiger partial charge is 0.164 e. The van der Waals surface area contributed by atoms with E-state index in [0.29, 0.717) is 5.92 Å². The van der Waals surface area contributed by atoms with Gasteiger partial charge in [-0.2, -0.15) is 0 Å². The molecule has 5 rings (SSSR count). The second-order valence-electron chi connectivity index (χ2n) is 15.8. The number of fused-ring (bicyclic) bond motifs is 2. The molecule has 0 saturated heterocycles. The first-order valence-corrected chi connectivity index (χ1v) is 18.5. The van der Waals surface area contributed by atoms with Crippen LogP contribution in [-0.2, 0) is 36.7 Å². The quantitative estimate of drug-likeness (QED) is 0.0816. The molecule has 1 N–H and O–H groups in total. The number of nitrogens with zero attached hydrogens (tertiary/aromatic N) is 1. The summed E-state index contributed by atoms with van der Waals surface area (Å²) in [4.78, 5) is 16.9. The molecule has 0 bridgehead atoms. The molecule has 0 spiro atoms. The third-order valence-electron chi connectivity index (χ3n) is 10.8. The molecule has 0 aliphatic rings. The van der Waals surface area contributed by atoms with Crippen molar-refractivity contribution < 1.29 is 34.4 Å². The normalized spacial score (nSPS) is 12.5. The summed E-state index contributed by atoms with van der Waals surface area (Å²) < 4.78 is 6.14. The van der Waals surface area contributed by atoms with Crippen LogP contribution in [0.15, 0.2) is 89.2 Å². The zero-order valence-corrected chi connectivity index (χ0v) is 35.1. The topological polar surface area (TPSA) is 63.3 Å². The van der Waals surface area contributed by atoms with Crippen LogP contribution in [0.5, 0.6) is 0 Å². The zero-order valence-electron chi connectivity index (χ0n) is 32.7. The van der Waals surface area contributed by atoms with Crippen LogP contribution in [0.25, 0.3) is 44.1 Å². The number of ketones is 1. The Balaban J connectivity index is 0.000000335. The minimum absolute atomic E-state index is 0. The largest absolute Gasteiger partial charge is 0.512 e. The molecule has 5 heteroatoms. The van der Waals surface area contributed by atoms with E-state index in [0.717, 1.165) is 71.0 Å². The second-order valence-corrected chi connectivity index (χ2v) is 15.8. The van der Waals surface area contributed by atoms with Gasteiger partial charge < -0.3 is 9.52 Å².